The van der Waals surface area contributed by atoms with Crippen LogP contribution in [0.25, 0.3) is 0 Å². The summed E-state index contributed by atoms with van der Waals surface area (Å²) in [6.45, 7) is 6.30. The fourth-order valence-corrected chi connectivity index (χ4v) is 3.25. The zero-order valence-electron chi connectivity index (χ0n) is 13.3. The Kier molecular flexibility index (Phi) is 3.89. The minimum atomic E-state index is -0.215. The van der Waals surface area contributed by atoms with Gasteiger partial charge in [-0.25, -0.2) is 4.98 Å². The molecule has 0 saturated carbocycles. The normalized spacial score (nSPS) is 14.4. The first kappa shape index (κ1) is 15.6. The number of nitrogens with one attached hydrogen (secondary N) is 1. The maximum atomic E-state index is 12.6. The predicted octanol–water partition coefficient (Wildman–Crippen LogP) is 2.36. The van der Waals surface area contributed by atoms with Crippen LogP contribution in [0.3, 0.4) is 0 Å². The Hall–Kier alpha value is -2.28. The Morgan fingerprint density at radius 1 is 1.43 bits per heavy atom. The first-order valence-corrected chi connectivity index (χ1v) is 8.21. The molecule has 0 fully saturated rings. The summed E-state index contributed by atoms with van der Waals surface area (Å²) in [6, 6.07) is 1.73. The molecule has 3 heterocycles. The molecule has 1 N–H and O–H groups in total. The number of carbonyl (C=O) groups is 2. The minimum Gasteiger partial charge on any atom is -0.321 e. The average Bonchev–Trinajstić information content (AvgIpc) is 2.95. The van der Waals surface area contributed by atoms with Crippen molar-refractivity contribution in [3.63, 3.8) is 0 Å². The van der Waals surface area contributed by atoms with Crippen LogP contribution in [-0.4, -0.2) is 28.3 Å². The highest BCUT2D eigenvalue weighted by molar-refractivity contribution is 7.09. The molecule has 0 bridgehead atoms. The minimum absolute atomic E-state index is 0.0200. The number of rotatable bonds is 2. The van der Waals surface area contributed by atoms with E-state index in [9.17, 15) is 9.59 Å². The van der Waals surface area contributed by atoms with E-state index in [0.717, 1.165) is 10.7 Å². The second-order valence-corrected chi connectivity index (χ2v) is 7.35. The molecule has 0 atom stereocenters. The highest BCUT2D eigenvalue weighted by Gasteiger charge is 2.27. The van der Waals surface area contributed by atoms with Crippen molar-refractivity contribution < 1.29 is 9.59 Å². The standard InChI is InChI=1S/C16H18N4O2S/c1-16(2,3)15-18-10(9-23-15)6-14(22)20-8-13(21)19-11-7-17-5-4-12(11)20/h4-5,7,9H,6,8H2,1-3H3,(H,19,21). The van der Waals surface area contributed by atoms with Crippen LogP contribution in [-0.2, 0) is 21.4 Å². The lowest BCUT2D eigenvalue weighted by Gasteiger charge is -2.28. The molecule has 3 rings (SSSR count). The van der Waals surface area contributed by atoms with E-state index in [-0.39, 0.29) is 30.2 Å². The zero-order chi connectivity index (χ0) is 16.6. The van der Waals surface area contributed by atoms with Gasteiger partial charge < -0.3 is 10.2 Å². The molecule has 120 valence electrons. The molecule has 7 heteroatoms. The molecular weight excluding hydrogens is 312 g/mol. The van der Waals surface area contributed by atoms with E-state index in [2.05, 4.69) is 36.1 Å². The van der Waals surface area contributed by atoms with Gasteiger partial charge in [0.2, 0.25) is 11.8 Å². The maximum absolute atomic E-state index is 12.6. The lowest BCUT2D eigenvalue weighted by Crippen LogP contribution is -2.43. The first-order valence-electron chi connectivity index (χ1n) is 7.34. The van der Waals surface area contributed by atoms with Gasteiger partial charge >= 0.3 is 0 Å². The first-order chi connectivity index (χ1) is 10.8. The van der Waals surface area contributed by atoms with E-state index in [1.165, 1.54) is 4.90 Å². The zero-order valence-corrected chi connectivity index (χ0v) is 14.1. The molecule has 2 amide bonds. The van der Waals surface area contributed by atoms with Crippen LogP contribution in [0.1, 0.15) is 31.5 Å². The van der Waals surface area contributed by atoms with Crippen LogP contribution in [0.4, 0.5) is 11.4 Å². The van der Waals surface area contributed by atoms with Crippen LogP contribution in [0.15, 0.2) is 23.8 Å². The van der Waals surface area contributed by atoms with Crippen molar-refractivity contribution in [1.29, 1.82) is 0 Å². The number of nitrogens with zero attached hydrogens (tertiary/aromatic N) is 3. The molecule has 2 aromatic heterocycles. The van der Waals surface area contributed by atoms with Crippen LogP contribution in [0.2, 0.25) is 0 Å². The van der Waals surface area contributed by atoms with E-state index in [1.54, 1.807) is 29.8 Å². The van der Waals surface area contributed by atoms with Gasteiger partial charge in [0.1, 0.15) is 6.54 Å². The molecule has 1 aliphatic rings. The molecule has 2 aromatic rings. The molecule has 6 nitrogen and oxygen atoms in total. The fourth-order valence-electron chi connectivity index (χ4n) is 2.34. The Labute approximate surface area is 138 Å². The number of fused-ring (bicyclic) bond motifs is 1. The smallest absolute Gasteiger partial charge is 0.244 e. The summed E-state index contributed by atoms with van der Waals surface area (Å²) in [6.07, 6.45) is 3.34. The molecule has 1 aliphatic heterocycles. The van der Waals surface area contributed by atoms with Crippen molar-refractivity contribution in [1.82, 2.24) is 9.97 Å². The summed E-state index contributed by atoms with van der Waals surface area (Å²) in [5.41, 5.74) is 1.95. The number of anilines is 2. The van der Waals surface area contributed by atoms with E-state index >= 15 is 0 Å². The highest BCUT2D eigenvalue weighted by Crippen LogP contribution is 2.29. The number of thiazole rings is 1. The molecule has 0 aliphatic carbocycles. The third kappa shape index (κ3) is 3.24. The second kappa shape index (κ2) is 5.73. The molecule has 23 heavy (non-hydrogen) atoms. The Bertz CT molecular complexity index is 763. The molecule has 0 radical (unpaired) electrons. The number of carbonyl (C=O) groups excluding carboxylic acids is 2. The van der Waals surface area contributed by atoms with E-state index in [0.29, 0.717) is 11.4 Å². The Balaban J connectivity index is 1.81. The summed E-state index contributed by atoms with van der Waals surface area (Å²) in [5.74, 6) is -0.356. The Morgan fingerprint density at radius 2 is 2.22 bits per heavy atom. The van der Waals surface area contributed by atoms with Crippen LogP contribution in [0, 0.1) is 0 Å². The quantitative estimate of drug-likeness (QED) is 0.917. The van der Waals surface area contributed by atoms with Gasteiger partial charge in [0.25, 0.3) is 0 Å². The predicted molar refractivity (Wildman–Crippen MR) is 89.7 cm³/mol. The summed E-state index contributed by atoms with van der Waals surface area (Å²) >= 11 is 1.56. The molecular formula is C16H18N4O2S. The van der Waals surface area contributed by atoms with Crippen LogP contribution in [0.5, 0.6) is 0 Å². The van der Waals surface area contributed by atoms with Crippen molar-refractivity contribution in [3.05, 3.63) is 34.5 Å². The van der Waals surface area contributed by atoms with Crippen LogP contribution < -0.4 is 10.2 Å². The number of amides is 2. The van der Waals surface area contributed by atoms with Gasteiger partial charge in [-0.05, 0) is 6.07 Å². The number of pyridine rings is 1. The second-order valence-electron chi connectivity index (χ2n) is 6.49. The average molecular weight is 330 g/mol. The van der Waals surface area contributed by atoms with Gasteiger partial charge in [0, 0.05) is 17.0 Å². The monoisotopic (exact) mass is 330 g/mol. The third-order valence-corrected chi connectivity index (χ3v) is 4.81. The van der Waals surface area contributed by atoms with Gasteiger partial charge in [-0.1, -0.05) is 20.8 Å². The van der Waals surface area contributed by atoms with Gasteiger partial charge in [-0.3, -0.25) is 14.6 Å². The topological polar surface area (TPSA) is 75.2 Å². The SMILES string of the molecule is CC(C)(C)c1nc(CC(=O)N2CC(=O)Nc3cnccc32)cs1. The van der Waals surface area contributed by atoms with E-state index in [4.69, 9.17) is 0 Å². The molecule has 0 aromatic carbocycles. The van der Waals surface area contributed by atoms with E-state index in [1.807, 2.05) is 5.38 Å². The van der Waals surface area contributed by atoms with Crippen LogP contribution >= 0.6 is 11.3 Å². The van der Waals surface area contributed by atoms with Gasteiger partial charge in [-0.2, -0.15) is 0 Å². The van der Waals surface area contributed by atoms with Crippen molar-refractivity contribution >= 4 is 34.5 Å². The van der Waals surface area contributed by atoms with Crippen molar-refractivity contribution in [2.75, 3.05) is 16.8 Å². The summed E-state index contributed by atoms with van der Waals surface area (Å²) in [7, 11) is 0. The molecule has 0 spiro atoms. The highest BCUT2D eigenvalue weighted by atomic mass is 32.1. The molecule has 0 unspecified atom stereocenters. The van der Waals surface area contributed by atoms with E-state index < -0.39 is 0 Å². The van der Waals surface area contributed by atoms with Crippen molar-refractivity contribution in [3.8, 4) is 0 Å². The number of hydrogen-bond donors (Lipinski definition) is 1. The van der Waals surface area contributed by atoms with Gasteiger partial charge in [-0.15, -0.1) is 11.3 Å². The number of aromatic nitrogens is 2. The summed E-state index contributed by atoms with van der Waals surface area (Å²) in [4.78, 5) is 34.4. The third-order valence-electron chi connectivity index (χ3n) is 3.49. The Morgan fingerprint density at radius 3 is 2.91 bits per heavy atom. The van der Waals surface area contributed by atoms with Gasteiger partial charge in [0.05, 0.1) is 34.7 Å². The summed E-state index contributed by atoms with van der Waals surface area (Å²) in [5, 5.41) is 5.64. The van der Waals surface area contributed by atoms with Crippen molar-refractivity contribution in [2.45, 2.75) is 32.6 Å². The van der Waals surface area contributed by atoms with Gasteiger partial charge in [0.15, 0.2) is 0 Å². The molecule has 0 saturated heterocycles. The maximum Gasteiger partial charge on any atom is 0.244 e. The number of hydrogen-bond acceptors (Lipinski definition) is 5. The summed E-state index contributed by atoms with van der Waals surface area (Å²) < 4.78 is 0. The fraction of sp³-hybridized carbons (Fsp3) is 0.375. The largest absolute Gasteiger partial charge is 0.321 e. The van der Waals surface area contributed by atoms with Crippen molar-refractivity contribution in [2.24, 2.45) is 0 Å². The lowest BCUT2D eigenvalue weighted by atomic mass is 9.98. The lowest BCUT2D eigenvalue weighted by molar-refractivity contribution is -0.121.